The summed E-state index contributed by atoms with van der Waals surface area (Å²) in [5.41, 5.74) is 0. The minimum atomic E-state index is -3.34. The number of rotatable bonds is 5. The van der Waals surface area contributed by atoms with E-state index in [9.17, 15) is 8.42 Å². The number of nitrogens with zero attached hydrogens (tertiary/aromatic N) is 1. The molecule has 17 heavy (non-hydrogen) atoms. The van der Waals surface area contributed by atoms with E-state index in [1.165, 1.54) is 4.31 Å². The highest BCUT2D eigenvalue weighted by Crippen LogP contribution is 2.27. The van der Waals surface area contributed by atoms with Gasteiger partial charge in [0.25, 0.3) is 10.2 Å². The van der Waals surface area contributed by atoms with Crippen LogP contribution in [0.15, 0.2) is 0 Å². The number of hydrogen-bond donors (Lipinski definition) is 1. The van der Waals surface area contributed by atoms with E-state index in [1.54, 1.807) is 7.05 Å². The molecule has 1 aliphatic carbocycles. The largest absolute Gasteiger partial charge is 0.279 e. The summed E-state index contributed by atoms with van der Waals surface area (Å²) in [6.45, 7) is 4.21. The Kier molecular flexibility index (Phi) is 5.70. The fraction of sp³-hybridized carbons (Fsp3) is 1.00. The summed E-state index contributed by atoms with van der Waals surface area (Å²) in [6, 6.07) is -0.0281. The fourth-order valence-electron chi connectivity index (χ4n) is 2.01. The highest BCUT2D eigenvalue weighted by molar-refractivity contribution is 7.87. The normalized spacial score (nSPS) is 26.7. The second-order valence-electron chi connectivity index (χ2n) is 5.09. The predicted octanol–water partition coefficient (Wildman–Crippen LogP) is 1.96. The van der Waals surface area contributed by atoms with Crippen molar-refractivity contribution in [2.45, 2.75) is 50.9 Å². The smallest absolute Gasteiger partial charge is 0.202 e. The van der Waals surface area contributed by atoms with Gasteiger partial charge in [-0.15, -0.1) is 11.6 Å². The van der Waals surface area contributed by atoms with Gasteiger partial charge in [0.05, 0.1) is 0 Å². The molecule has 0 saturated heterocycles. The Hall–Kier alpha value is 0.160. The molecule has 1 saturated carbocycles. The molecule has 0 radical (unpaired) electrons. The Morgan fingerprint density at radius 3 is 2.59 bits per heavy atom. The minimum absolute atomic E-state index is 0.0281. The lowest BCUT2D eigenvalue weighted by Gasteiger charge is -2.27. The number of alkyl halides is 1. The van der Waals surface area contributed by atoms with Gasteiger partial charge in [-0.25, -0.2) is 4.72 Å². The Morgan fingerprint density at radius 1 is 1.41 bits per heavy atom. The molecule has 0 heterocycles. The Bertz CT molecular complexity index is 332. The summed E-state index contributed by atoms with van der Waals surface area (Å²) >= 11 is 6.09. The molecule has 0 aliphatic heterocycles. The first kappa shape index (κ1) is 15.2. The van der Waals surface area contributed by atoms with Gasteiger partial charge in [-0.2, -0.15) is 12.7 Å². The van der Waals surface area contributed by atoms with Crippen molar-refractivity contribution < 1.29 is 8.42 Å². The topological polar surface area (TPSA) is 49.4 Å². The van der Waals surface area contributed by atoms with E-state index in [1.807, 2.05) is 13.8 Å². The van der Waals surface area contributed by atoms with Crippen LogP contribution in [0.1, 0.15) is 39.5 Å². The predicted molar refractivity (Wildman–Crippen MR) is 71.4 cm³/mol. The minimum Gasteiger partial charge on any atom is -0.202 e. The van der Waals surface area contributed by atoms with E-state index in [0.717, 1.165) is 25.7 Å². The van der Waals surface area contributed by atoms with Crippen LogP contribution < -0.4 is 4.72 Å². The van der Waals surface area contributed by atoms with Crippen molar-refractivity contribution in [3.8, 4) is 0 Å². The van der Waals surface area contributed by atoms with E-state index in [0.29, 0.717) is 12.5 Å². The molecule has 2 unspecified atom stereocenters. The zero-order valence-electron chi connectivity index (χ0n) is 10.8. The molecular weight excluding hydrogens is 260 g/mol. The van der Waals surface area contributed by atoms with Gasteiger partial charge >= 0.3 is 0 Å². The van der Waals surface area contributed by atoms with Crippen LogP contribution in [0.5, 0.6) is 0 Å². The second kappa shape index (κ2) is 6.36. The standard InChI is InChI=1S/C11H23ClN2O2S/c1-9(2)14(3)17(15,16)13-8-10-5-4-6-11(12)7-10/h9-11,13H,4-8H2,1-3H3. The van der Waals surface area contributed by atoms with E-state index < -0.39 is 10.2 Å². The molecule has 0 spiro atoms. The van der Waals surface area contributed by atoms with Crippen LogP contribution in [-0.4, -0.2) is 37.7 Å². The van der Waals surface area contributed by atoms with Crippen molar-refractivity contribution in [3.63, 3.8) is 0 Å². The number of hydrogen-bond acceptors (Lipinski definition) is 2. The zero-order chi connectivity index (χ0) is 13.1. The van der Waals surface area contributed by atoms with Crippen LogP contribution in [0.25, 0.3) is 0 Å². The fourth-order valence-corrected chi connectivity index (χ4v) is 3.62. The van der Waals surface area contributed by atoms with Crippen LogP contribution in [0.3, 0.4) is 0 Å². The molecule has 2 atom stereocenters. The lowest BCUT2D eigenvalue weighted by Crippen LogP contribution is -2.44. The highest BCUT2D eigenvalue weighted by Gasteiger charge is 2.24. The third-order valence-corrected chi connectivity index (χ3v) is 5.49. The second-order valence-corrected chi connectivity index (χ2v) is 7.53. The first-order valence-electron chi connectivity index (χ1n) is 6.19. The van der Waals surface area contributed by atoms with Crippen molar-refractivity contribution in [2.24, 2.45) is 5.92 Å². The van der Waals surface area contributed by atoms with Gasteiger partial charge in [-0.05, 0) is 39.0 Å². The number of nitrogens with one attached hydrogen (secondary N) is 1. The van der Waals surface area contributed by atoms with Crippen LogP contribution in [0.4, 0.5) is 0 Å². The third-order valence-electron chi connectivity index (χ3n) is 3.38. The molecule has 1 fully saturated rings. The van der Waals surface area contributed by atoms with Crippen LogP contribution in [0, 0.1) is 5.92 Å². The van der Waals surface area contributed by atoms with E-state index in [2.05, 4.69) is 4.72 Å². The van der Waals surface area contributed by atoms with E-state index >= 15 is 0 Å². The van der Waals surface area contributed by atoms with E-state index in [-0.39, 0.29) is 11.4 Å². The molecule has 0 aromatic carbocycles. The van der Waals surface area contributed by atoms with Crippen molar-refractivity contribution in [1.29, 1.82) is 0 Å². The van der Waals surface area contributed by atoms with Gasteiger partial charge in [-0.1, -0.05) is 6.42 Å². The van der Waals surface area contributed by atoms with Gasteiger partial charge < -0.3 is 0 Å². The average Bonchev–Trinajstić information content (AvgIpc) is 2.25. The Morgan fingerprint density at radius 2 is 2.06 bits per heavy atom. The van der Waals surface area contributed by atoms with Crippen molar-refractivity contribution >= 4 is 21.8 Å². The summed E-state index contributed by atoms with van der Waals surface area (Å²) in [5, 5.41) is 0.209. The lowest BCUT2D eigenvalue weighted by atomic mass is 9.89. The Balaban J connectivity index is 2.44. The molecule has 6 heteroatoms. The van der Waals surface area contributed by atoms with Crippen molar-refractivity contribution in [1.82, 2.24) is 9.03 Å². The zero-order valence-corrected chi connectivity index (χ0v) is 12.4. The maximum atomic E-state index is 11.9. The maximum absolute atomic E-state index is 11.9. The van der Waals surface area contributed by atoms with Crippen LogP contribution >= 0.6 is 11.6 Å². The van der Waals surface area contributed by atoms with Crippen molar-refractivity contribution in [3.05, 3.63) is 0 Å². The van der Waals surface area contributed by atoms with Gasteiger partial charge in [-0.3, -0.25) is 0 Å². The van der Waals surface area contributed by atoms with Gasteiger partial charge in [0.15, 0.2) is 0 Å². The molecule has 102 valence electrons. The molecule has 1 rings (SSSR count). The molecule has 0 amide bonds. The molecule has 0 aromatic rings. The summed E-state index contributed by atoms with van der Waals surface area (Å²) in [5.74, 6) is 0.376. The van der Waals surface area contributed by atoms with Gasteiger partial charge in [0.1, 0.15) is 0 Å². The highest BCUT2D eigenvalue weighted by atomic mass is 35.5. The first-order chi connectivity index (χ1) is 7.83. The van der Waals surface area contributed by atoms with Gasteiger partial charge in [0.2, 0.25) is 0 Å². The molecule has 0 aromatic heterocycles. The quantitative estimate of drug-likeness (QED) is 0.784. The van der Waals surface area contributed by atoms with Crippen LogP contribution in [-0.2, 0) is 10.2 Å². The summed E-state index contributed by atoms with van der Waals surface area (Å²) in [6.07, 6.45) is 4.13. The van der Waals surface area contributed by atoms with Gasteiger partial charge in [0, 0.05) is 25.0 Å². The van der Waals surface area contributed by atoms with Crippen LogP contribution in [0.2, 0.25) is 0 Å². The molecule has 1 aliphatic rings. The lowest BCUT2D eigenvalue weighted by molar-refractivity contribution is 0.351. The van der Waals surface area contributed by atoms with E-state index in [4.69, 9.17) is 11.6 Å². The first-order valence-corrected chi connectivity index (χ1v) is 8.07. The molecule has 1 N–H and O–H groups in total. The number of halogens is 1. The summed E-state index contributed by atoms with van der Waals surface area (Å²) in [4.78, 5) is 0. The maximum Gasteiger partial charge on any atom is 0.279 e. The third kappa shape index (κ3) is 4.73. The molecular formula is C11H23ClN2O2S. The Labute approximate surface area is 110 Å². The molecule has 0 bridgehead atoms. The van der Waals surface area contributed by atoms with Crippen molar-refractivity contribution in [2.75, 3.05) is 13.6 Å². The summed E-state index contributed by atoms with van der Waals surface area (Å²) in [7, 11) is -1.74. The summed E-state index contributed by atoms with van der Waals surface area (Å²) < 4.78 is 27.8. The monoisotopic (exact) mass is 282 g/mol. The average molecular weight is 283 g/mol. The SMILES string of the molecule is CC(C)N(C)S(=O)(=O)NCC1CCCC(Cl)C1. The molecule has 4 nitrogen and oxygen atoms in total.